The molecule has 1 N–H and O–H groups in total. The number of rotatable bonds is 3. The minimum atomic E-state index is -1.72. The molecule has 0 saturated heterocycles. The Morgan fingerprint density at radius 1 is 0.947 bits per heavy atom. The largest absolute Gasteiger partial charge is 0.410 e. The molecule has 2 rings (SSSR count). The third-order valence-electron chi connectivity index (χ3n) is 4.34. The van der Waals surface area contributed by atoms with Gasteiger partial charge in [-0.05, 0) is 17.5 Å². The summed E-state index contributed by atoms with van der Waals surface area (Å²) in [5.74, 6) is 0. The molecule has 1 aliphatic rings. The van der Waals surface area contributed by atoms with Gasteiger partial charge in [-0.3, -0.25) is 0 Å². The summed E-state index contributed by atoms with van der Waals surface area (Å²) < 4.78 is 0. The van der Waals surface area contributed by atoms with E-state index in [0.29, 0.717) is 0 Å². The zero-order valence-electron chi connectivity index (χ0n) is 12.7. The van der Waals surface area contributed by atoms with Crippen LogP contribution < -0.4 is 4.98 Å². The first kappa shape index (κ1) is 14.1. The summed E-state index contributed by atoms with van der Waals surface area (Å²) in [7, 11) is -1.72. The topological polar surface area (TPSA) is 12.0 Å². The normalized spacial score (nSPS) is 17.7. The van der Waals surface area contributed by atoms with Gasteiger partial charge in [-0.25, -0.2) is 0 Å². The summed E-state index contributed by atoms with van der Waals surface area (Å²) in [4.78, 5) is 3.84. The van der Waals surface area contributed by atoms with Crippen LogP contribution in [0.2, 0.25) is 18.1 Å². The lowest BCUT2D eigenvalue weighted by molar-refractivity contribution is 0.350. The van der Waals surface area contributed by atoms with Crippen LogP contribution in [0.5, 0.6) is 0 Å². The quantitative estimate of drug-likeness (QED) is 0.744. The van der Waals surface area contributed by atoms with Gasteiger partial charge < -0.3 is 4.98 Å². The van der Waals surface area contributed by atoms with Gasteiger partial charge >= 0.3 is 0 Å². The molecule has 1 aromatic rings. The lowest BCUT2D eigenvalue weighted by Crippen LogP contribution is -2.53. The van der Waals surface area contributed by atoms with Crippen LogP contribution in [0.1, 0.15) is 20.8 Å². The maximum Gasteiger partial charge on any atom is 0.161 e. The third-order valence-corrected chi connectivity index (χ3v) is 8.40. The van der Waals surface area contributed by atoms with Crippen molar-refractivity contribution in [1.29, 1.82) is 0 Å². The van der Waals surface area contributed by atoms with E-state index in [-0.39, 0.29) is 10.5 Å². The second-order valence-corrected chi connectivity index (χ2v) is 11.3. The van der Waals surface area contributed by atoms with Gasteiger partial charge in [0.1, 0.15) is 0 Å². The van der Waals surface area contributed by atoms with Crippen LogP contribution in [-0.4, -0.2) is 8.24 Å². The fourth-order valence-electron chi connectivity index (χ4n) is 3.31. The molecule has 0 spiro atoms. The van der Waals surface area contributed by atoms with Crippen LogP contribution in [0.4, 0.5) is 5.69 Å². The van der Waals surface area contributed by atoms with Crippen molar-refractivity contribution in [3.63, 3.8) is 0 Å². The Balaban J connectivity index is 2.37. The van der Waals surface area contributed by atoms with Crippen LogP contribution in [-0.2, 0) is 0 Å². The fraction of sp³-hybridized carbons (Fsp3) is 0.412. The monoisotopic (exact) mass is 271 g/mol. The second-order valence-electron chi connectivity index (χ2n) is 6.95. The highest BCUT2D eigenvalue weighted by Gasteiger charge is 2.52. The highest BCUT2D eigenvalue weighted by atomic mass is 28.3. The van der Waals surface area contributed by atoms with Crippen LogP contribution in [0.15, 0.2) is 54.6 Å². The maximum atomic E-state index is 3.84. The summed E-state index contributed by atoms with van der Waals surface area (Å²) >= 11 is 0. The summed E-state index contributed by atoms with van der Waals surface area (Å²) in [6.45, 7) is 11.9. The number of hydrogen-bond acceptors (Lipinski definition) is 1. The second kappa shape index (κ2) is 4.68. The Kier molecular flexibility index (Phi) is 3.48. The van der Waals surface area contributed by atoms with Gasteiger partial charge in [-0.2, -0.15) is 0 Å². The van der Waals surface area contributed by atoms with Gasteiger partial charge in [0, 0.05) is 10.7 Å². The van der Waals surface area contributed by atoms with Gasteiger partial charge in [-0.1, -0.05) is 76.4 Å². The number of allylic oxidation sites excluding steroid dienone is 4. The van der Waals surface area contributed by atoms with Crippen molar-refractivity contribution in [2.24, 2.45) is 5.41 Å². The summed E-state index contributed by atoms with van der Waals surface area (Å²) in [5.41, 5.74) is 1.45. The number of benzene rings is 1. The third kappa shape index (κ3) is 2.42. The molecule has 0 aromatic heterocycles. The molecule has 0 bridgehead atoms. The van der Waals surface area contributed by atoms with Gasteiger partial charge in [-0.15, -0.1) is 0 Å². The molecule has 0 radical (unpaired) electrons. The summed E-state index contributed by atoms with van der Waals surface area (Å²) in [6.07, 6.45) is 9.20. The van der Waals surface area contributed by atoms with E-state index in [4.69, 9.17) is 0 Å². The van der Waals surface area contributed by atoms with Gasteiger partial charge in [0.2, 0.25) is 0 Å². The Morgan fingerprint density at radius 3 is 1.95 bits per heavy atom. The smallest absolute Gasteiger partial charge is 0.161 e. The van der Waals surface area contributed by atoms with Crippen LogP contribution >= 0.6 is 0 Å². The lowest BCUT2D eigenvalue weighted by Gasteiger charge is -2.49. The molecule has 0 fully saturated rings. The van der Waals surface area contributed by atoms with E-state index in [1.807, 2.05) is 0 Å². The summed E-state index contributed by atoms with van der Waals surface area (Å²) in [6, 6.07) is 10.6. The van der Waals surface area contributed by atoms with E-state index in [1.165, 1.54) is 5.69 Å². The minimum absolute atomic E-state index is 0.149. The van der Waals surface area contributed by atoms with Crippen molar-refractivity contribution in [3.05, 3.63) is 54.6 Å². The Hall–Kier alpha value is -1.28. The molecule has 1 aromatic carbocycles. The molecular weight excluding hydrogens is 246 g/mol. The molecule has 2 heteroatoms. The Bertz CT molecular complexity index is 480. The average Bonchev–Trinajstić information content (AvgIpc) is 2.79. The van der Waals surface area contributed by atoms with Crippen LogP contribution in [0, 0.1) is 5.41 Å². The zero-order chi connectivity index (χ0) is 14.1. The minimum Gasteiger partial charge on any atom is -0.410 e. The highest BCUT2D eigenvalue weighted by molar-refractivity contribution is 6.84. The SMILES string of the molecule is CC(C)(C)C1([Si](C)(C)Nc2ccccc2)C=CC=C1. The van der Waals surface area contributed by atoms with Crippen molar-refractivity contribution in [2.75, 3.05) is 4.98 Å². The van der Waals surface area contributed by atoms with Crippen molar-refractivity contribution in [1.82, 2.24) is 0 Å². The van der Waals surface area contributed by atoms with E-state index in [1.54, 1.807) is 0 Å². The molecule has 19 heavy (non-hydrogen) atoms. The first-order chi connectivity index (χ1) is 8.79. The van der Waals surface area contributed by atoms with Gasteiger partial charge in [0.05, 0.1) is 0 Å². The Morgan fingerprint density at radius 2 is 1.47 bits per heavy atom. The average molecular weight is 271 g/mol. The lowest BCUT2D eigenvalue weighted by atomic mass is 9.80. The standard InChI is InChI=1S/C17H25NSi/c1-16(2,3)17(13-9-10-14-17)19(4,5)18-15-11-7-6-8-12-15/h6-14,18H,1-5H3. The molecule has 1 nitrogen and oxygen atoms in total. The zero-order valence-corrected chi connectivity index (χ0v) is 13.7. The van der Waals surface area contributed by atoms with Crippen molar-refractivity contribution in [3.8, 4) is 0 Å². The molecule has 0 unspecified atom stereocenters. The number of nitrogens with one attached hydrogen (secondary N) is 1. The van der Waals surface area contributed by atoms with Crippen molar-refractivity contribution >= 4 is 13.9 Å². The van der Waals surface area contributed by atoms with Crippen LogP contribution in [0.25, 0.3) is 0 Å². The van der Waals surface area contributed by atoms with E-state index >= 15 is 0 Å². The van der Waals surface area contributed by atoms with Crippen molar-refractivity contribution < 1.29 is 0 Å². The van der Waals surface area contributed by atoms with E-state index in [0.717, 1.165) is 0 Å². The molecular formula is C17H25NSi. The van der Waals surface area contributed by atoms with Gasteiger partial charge in [0.25, 0.3) is 0 Å². The van der Waals surface area contributed by atoms with Gasteiger partial charge in [0.15, 0.2) is 8.24 Å². The van der Waals surface area contributed by atoms with E-state index < -0.39 is 8.24 Å². The maximum absolute atomic E-state index is 3.84. The first-order valence-corrected chi connectivity index (χ1v) is 9.99. The Labute approximate surface area is 118 Å². The highest BCUT2D eigenvalue weighted by Crippen LogP contribution is 2.56. The first-order valence-electron chi connectivity index (χ1n) is 6.99. The molecule has 102 valence electrons. The predicted octanol–water partition coefficient (Wildman–Crippen LogP) is 5.22. The molecule has 0 amide bonds. The van der Waals surface area contributed by atoms with E-state index in [9.17, 15) is 0 Å². The fourth-order valence-corrected chi connectivity index (χ4v) is 7.31. The van der Waals surface area contributed by atoms with Crippen molar-refractivity contribution in [2.45, 2.75) is 38.9 Å². The van der Waals surface area contributed by atoms with E-state index in [2.05, 4.69) is 93.5 Å². The predicted molar refractivity (Wildman–Crippen MR) is 88.0 cm³/mol. The number of para-hydroxylation sites is 1. The van der Waals surface area contributed by atoms with Crippen LogP contribution in [0.3, 0.4) is 0 Å². The molecule has 0 aliphatic heterocycles. The molecule has 1 aliphatic carbocycles. The number of anilines is 1. The molecule has 0 heterocycles. The molecule has 0 atom stereocenters. The molecule has 0 saturated carbocycles. The number of hydrogen-bond donors (Lipinski definition) is 1. The summed E-state index contributed by atoms with van der Waals surface area (Å²) in [5, 5.41) is 0.149.